The van der Waals surface area contributed by atoms with Gasteiger partial charge in [-0.05, 0) is 73.5 Å². The SMILES string of the molecule is CCOC(=O)c1ccc(N2C(=O)NC(=O)/C(=C\c3cc(Br)c(Cc4ccccc4F)c(OCC)c3)C2=O)cc1. The highest BCUT2D eigenvalue weighted by molar-refractivity contribution is 9.10. The van der Waals surface area contributed by atoms with Crippen molar-refractivity contribution in [3.05, 3.63) is 98.8 Å². The first-order valence-electron chi connectivity index (χ1n) is 12.1. The van der Waals surface area contributed by atoms with Gasteiger partial charge in [0, 0.05) is 16.5 Å². The van der Waals surface area contributed by atoms with Gasteiger partial charge in [0.15, 0.2) is 0 Å². The second-order valence-electron chi connectivity index (χ2n) is 8.41. The van der Waals surface area contributed by atoms with E-state index in [2.05, 4.69) is 21.2 Å². The molecular weight excluding hydrogens is 571 g/mol. The van der Waals surface area contributed by atoms with Gasteiger partial charge >= 0.3 is 12.0 Å². The minimum atomic E-state index is -0.914. The Morgan fingerprint density at radius 3 is 2.41 bits per heavy atom. The molecule has 0 radical (unpaired) electrons. The molecule has 0 unspecified atom stereocenters. The molecule has 1 N–H and O–H groups in total. The first kappa shape index (κ1) is 27.7. The van der Waals surface area contributed by atoms with Crippen molar-refractivity contribution in [3.63, 3.8) is 0 Å². The molecule has 10 heteroatoms. The van der Waals surface area contributed by atoms with Gasteiger partial charge in [0.05, 0.1) is 24.5 Å². The lowest BCUT2D eigenvalue weighted by Gasteiger charge is -2.26. The molecule has 4 rings (SSSR count). The molecule has 1 heterocycles. The van der Waals surface area contributed by atoms with Gasteiger partial charge in [-0.15, -0.1) is 0 Å². The van der Waals surface area contributed by atoms with Gasteiger partial charge in [-0.3, -0.25) is 14.9 Å². The maximum atomic E-state index is 14.3. The van der Waals surface area contributed by atoms with Crippen molar-refractivity contribution in [1.82, 2.24) is 5.32 Å². The van der Waals surface area contributed by atoms with Crippen molar-refractivity contribution in [2.75, 3.05) is 18.1 Å². The molecule has 3 aromatic carbocycles. The van der Waals surface area contributed by atoms with Crippen molar-refractivity contribution in [3.8, 4) is 5.75 Å². The number of barbiturate groups is 1. The Balaban J connectivity index is 1.67. The summed E-state index contributed by atoms with van der Waals surface area (Å²) in [6.07, 6.45) is 1.60. The lowest BCUT2D eigenvalue weighted by atomic mass is 10.00. The third-order valence-electron chi connectivity index (χ3n) is 5.85. The predicted octanol–water partition coefficient (Wildman–Crippen LogP) is 5.42. The van der Waals surface area contributed by atoms with Crippen molar-refractivity contribution >= 4 is 51.5 Å². The molecule has 200 valence electrons. The highest BCUT2D eigenvalue weighted by Crippen LogP contribution is 2.33. The Hall–Kier alpha value is -4.31. The van der Waals surface area contributed by atoms with Crippen LogP contribution in [0, 0.1) is 5.82 Å². The Bertz CT molecular complexity index is 1490. The maximum absolute atomic E-state index is 14.3. The number of anilines is 1. The van der Waals surface area contributed by atoms with Gasteiger partial charge in [-0.25, -0.2) is 18.9 Å². The number of hydrogen-bond acceptors (Lipinski definition) is 6. The zero-order chi connectivity index (χ0) is 28.1. The number of urea groups is 1. The lowest BCUT2D eigenvalue weighted by molar-refractivity contribution is -0.122. The van der Waals surface area contributed by atoms with E-state index in [1.807, 2.05) is 0 Å². The molecular formula is C29H24BrFN2O6. The van der Waals surface area contributed by atoms with Crippen molar-refractivity contribution in [2.24, 2.45) is 0 Å². The fourth-order valence-electron chi connectivity index (χ4n) is 4.02. The quantitative estimate of drug-likeness (QED) is 0.212. The number of hydrogen-bond donors (Lipinski definition) is 1. The molecule has 0 bridgehead atoms. The van der Waals surface area contributed by atoms with Crippen LogP contribution < -0.4 is 15.0 Å². The van der Waals surface area contributed by atoms with Crippen LogP contribution in [0.1, 0.15) is 40.9 Å². The van der Waals surface area contributed by atoms with E-state index < -0.39 is 23.8 Å². The molecule has 1 aliphatic heterocycles. The molecule has 0 atom stereocenters. The van der Waals surface area contributed by atoms with E-state index >= 15 is 0 Å². The molecule has 3 aromatic rings. The van der Waals surface area contributed by atoms with Gasteiger partial charge in [0.1, 0.15) is 17.1 Å². The first-order chi connectivity index (χ1) is 18.7. The number of halogens is 2. The van der Waals surface area contributed by atoms with E-state index in [1.54, 1.807) is 44.2 Å². The van der Waals surface area contributed by atoms with Crippen molar-refractivity contribution in [1.29, 1.82) is 0 Å². The third-order valence-corrected chi connectivity index (χ3v) is 6.56. The molecule has 1 fully saturated rings. The van der Waals surface area contributed by atoms with Crippen LogP contribution in [0.15, 0.2) is 70.7 Å². The fraction of sp³-hybridized carbons (Fsp3) is 0.172. The summed E-state index contributed by atoms with van der Waals surface area (Å²) in [5, 5.41) is 2.17. The van der Waals surface area contributed by atoms with Crippen LogP contribution in [-0.4, -0.2) is 37.0 Å². The standard InChI is InChI=1S/C29H24BrFN2O6/c1-3-38-25-15-17(14-23(30)21(25)16-19-7-5-6-8-24(19)31)13-22-26(34)32-29(37)33(27(22)35)20-11-9-18(10-12-20)28(36)39-4-2/h5-15H,3-4,16H2,1-2H3,(H,32,34,37)/b22-13+. The van der Waals surface area contributed by atoms with Gasteiger partial charge in [-0.1, -0.05) is 34.1 Å². The van der Waals surface area contributed by atoms with E-state index in [-0.39, 0.29) is 35.7 Å². The molecule has 0 spiro atoms. The molecule has 1 aliphatic rings. The topological polar surface area (TPSA) is 102 Å². The van der Waals surface area contributed by atoms with Crippen LogP contribution >= 0.6 is 15.9 Å². The molecule has 39 heavy (non-hydrogen) atoms. The molecule has 8 nitrogen and oxygen atoms in total. The van der Waals surface area contributed by atoms with Crippen molar-refractivity contribution in [2.45, 2.75) is 20.3 Å². The number of amides is 4. The Labute approximate surface area is 232 Å². The van der Waals surface area contributed by atoms with E-state index in [0.29, 0.717) is 33.5 Å². The minimum absolute atomic E-state index is 0.167. The second kappa shape index (κ2) is 12.0. The molecule has 1 saturated heterocycles. The number of ether oxygens (including phenoxy) is 2. The summed E-state index contributed by atoms with van der Waals surface area (Å²) >= 11 is 3.51. The largest absolute Gasteiger partial charge is 0.494 e. The number of carbonyl (C=O) groups excluding carboxylic acids is 4. The number of rotatable bonds is 8. The number of esters is 1. The van der Waals surface area contributed by atoms with Crippen molar-refractivity contribution < 1.29 is 33.0 Å². The first-order valence-corrected chi connectivity index (χ1v) is 12.9. The highest BCUT2D eigenvalue weighted by Gasteiger charge is 2.37. The van der Waals surface area contributed by atoms with Crippen LogP contribution in [0.25, 0.3) is 6.08 Å². The minimum Gasteiger partial charge on any atom is -0.494 e. The van der Waals surface area contributed by atoms with Crippen LogP contribution in [-0.2, 0) is 20.7 Å². The van der Waals surface area contributed by atoms with E-state index in [0.717, 1.165) is 4.90 Å². The number of imide groups is 2. The smallest absolute Gasteiger partial charge is 0.338 e. The summed E-state index contributed by atoms with van der Waals surface area (Å²) in [7, 11) is 0. The van der Waals surface area contributed by atoms with Crippen LogP contribution in [0.3, 0.4) is 0 Å². The molecule has 0 saturated carbocycles. The second-order valence-corrected chi connectivity index (χ2v) is 9.26. The normalized spacial score (nSPS) is 14.4. The summed E-state index contributed by atoms with van der Waals surface area (Å²) in [6, 6.07) is 14.5. The third kappa shape index (κ3) is 6.06. The number of benzene rings is 3. The summed E-state index contributed by atoms with van der Waals surface area (Å²) in [5.74, 6) is -2.12. The summed E-state index contributed by atoms with van der Waals surface area (Å²) in [6.45, 7) is 4.02. The van der Waals surface area contributed by atoms with Crippen LogP contribution in [0.4, 0.5) is 14.9 Å². The van der Waals surface area contributed by atoms with Gasteiger partial charge in [0.25, 0.3) is 11.8 Å². The van der Waals surface area contributed by atoms with E-state index in [1.165, 1.54) is 36.4 Å². The van der Waals surface area contributed by atoms with Crippen LogP contribution in [0.5, 0.6) is 5.75 Å². The fourth-order valence-corrected chi connectivity index (χ4v) is 4.62. The van der Waals surface area contributed by atoms with Crippen LogP contribution in [0.2, 0.25) is 0 Å². The Morgan fingerprint density at radius 2 is 1.74 bits per heavy atom. The molecule has 0 aliphatic carbocycles. The zero-order valence-corrected chi connectivity index (χ0v) is 22.7. The van der Waals surface area contributed by atoms with Gasteiger partial charge in [-0.2, -0.15) is 0 Å². The summed E-state index contributed by atoms with van der Waals surface area (Å²) < 4.78 is 25.6. The Morgan fingerprint density at radius 1 is 1.03 bits per heavy atom. The monoisotopic (exact) mass is 594 g/mol. The summed E-state index contributed by atoms with van der Waals surface area (Å²) in [5.41, 5.74) is 1.77. The lowest BCUT2D eigenvalue weighted by Crippen LogP contribution is -2.54. The number of carbonyl (C=O) groups is 4. The van der Waals surface area contributed by atoms with E-state index in [9.17, 15) is 23.6 Å². The number of nitrogens with one attached hydrogen (secondary N) is 1. The van der Waals surface area contributed by atoms with E-state index in [4.69, 9.17) is 9.47 Å². The van der Waals surface area contributed by atoms with Gasteiger partial charge in [0.2, 0.25) is 0 Å². The maximum Gasteiger partial charge on any atom is 0.338 e. The zero-order valence-electron chi connectivity index (χ0n) is 21.1. The predicted molar refractivity (Wildman–Crippen MR) is 146 cm³/mol. The van der Waals surface area contributed by atoms with Gasteiger partial charge < -0.3 is 9.47 Å². The summed E-state index contributed by atoms with van der Waals surface area (Å²) in [4.78, 5) is 51.3. The highest BCUT2D eigenvalue weighted by atomic mass is 79.9. The average Bonchev–Trinajstić information content (AvgIpc) is 2.90. The Kier molecular flexibility index (Phi) is 8.55. The number of nitrogens with zero attached hydrogens (tertiary/aromatic N) is 1. The average molecular weight is 595 g/mol. The molecule has 4 amide bonds. The molecule has 0 aromatic heterocycles.